The van der Waals surface area contributed by atoms with Gasteiger partial charge < -0.3 is 28.5 Å². The highest BCUT2D eigenvalue weighted by Gasteiger charge is 2.25. The summed E-state index contributed by atoms with van der Waals surface area (Å²) in [6.45, 7) is 4.99. The minimum atomic E-state index is -1.51. The number of aliphatic carboxylic acids is 1. The number of likely N-dealkylation sites (N-methyl/N-ethyl adjacent to an activating group) is 1. The third kappa shape index (κ3) is 75.5. The number of rotatable bonds is 79. The minimum absolute atomic E-state index is 0.172. The Bertz CT molecular complexity index is 1450. The molecule has 0 radical (unpaired) electrons. The molecule has 91 heavy (non-hydrogen) atoms. The van der Waals surface area contributed by atoms with Crippen LogP contribution in [0.4, 0.5) is 0 Å². The highest BCUT2D eigenvalue weighted by atomic mass is 16.7. The van der Waals surface area contributed by atoms with Gasteiger partial charge >= 0.3 is 17.9 Å². The predicted octanol–water partition coefficient (Wildman–Crippen LogP) is 26.2. The molecule has 0 aliphatic rings. The van der Waals surface area contributed by atoms with Crippen molar-refractivity contribution in [3.05, 3.63) is 0 Å². The molecule has 542 valence electrons. The van der Waals surface area contributed by atoms with Crippen molar-refractivity contribution in [1.82, 2.24) is 0 Å². The topological polar surface area (TPSA) is 108 Å². The average molecular weight is 1290 g/mol. The normalized spacial score (nSPS) is 12.5. The van der Waals surface area contributed by atoms with Crippen LogP contribution >= 0.6 is 0 Å². The van der Waals surface area contributed by atoms with E-state index in [0.717, 1.165) is 38.5 Å². The molecule has 9 heteroatoms. The molecular weight excluding hydrogens is 1130 g/mol. The van der Waals surface area contributed by atoms with Gasteiger partial charge in [0.25, 0.3) is 6.29 Å². The molecule has 0 heterocycles. The van der Waals surface area contributed by atoms with Gasteiger partial charge in [0.15, 0.2) is 6.10 Å². The Labute approximate surface area is 568 Å². The van der Waals surface area contributed by atoms with Crippen molar-refractivity contribution in [3.63, 3.8) is 0 Å². The summed E-state index contributed by atoms with van der Waals surface area (Å²) >= 11 is 0. The minimum Gasteiger partial charge on any atom is -0.477 e. The van der Waals surface area contributed by atoms with E-state index in [1.165, 1.54) is 385 Å². The molecule has 0 aliphatic carbocycles. The number of carboxylic acids is 1. The molecular formula is C82H162NO8+. The summed E-state index contributed by atoms with van der Waals surface area (Å²) in [5.74, 6) is -1.96. The zero-order chi connectivity index (χ0) is 66.1. The molecule has 0 bridgehead atoms. The monoisotopic (exact) mass is 1290 g/mol. The Balaban J connectivity index is 3.93. The van der Waals surface area contributed by atoms with Crippen molar-refractivity contribution >= 4 is 17.9 Å². The second kappa shape index (κ2) is 74.1. The van der Waals surface area contributed by atoms with Crippen molar-refractivity contribution in [2.45, 2.75) is 463 Å². The van der Waals surface area contributed by atoms with Crippen LogP contribution in [0, 0.1) is 0 Å². The SMILES string of the molecule is CCCCCCCCCCCCCCCCCCCCCCCCCCCCCCCCCCCC(=O)OCC(COC(OCC[N+](C)(C)C)C(=O)O)OC(=O)CCCCCCCCCCCCCCCCCCCCCCCCCCCCCCCCCCC. The fourth-order valence-corrected chi connectivity index (χ4v) is 13.1. The zero-order valence-corrected chi connectivity index (χ0v) is 62.3. The van der Waals surface area contributed by atoms with E-state index >= 15 is 0 Å². The highest BCUT2D eigenvalue weighted by molar-refractivity contribution is 5.71. The maximum Gasteiger partial charge on any atom is 0.361 e. The molecule has 0 saturated carbocycles. The van der Waals surface area contributed by atoms with Crippen LogP contribution in [-0.2, 0) is 33.3 Å². The number of hydrogen-bond donors (Lipinski definition) is 1. The Hall–Kier alpha value is -1.71. The van der Waals surface area contributed by atoms with Gasteiger partial charge in [-0.25, -0.2) is 4.79 Å². The van der Waals surface area contributed by atoms with Crippen molar-refractivity contribution in [1.29, 1.82) is 0 Å². The number of carboxylic acid groups (broad SMARTS) is 1. The van der Waals surface area contributed by atoms with Gasteiger partial charge in [-0.05, 0) is 12.8 Å². The summed E-state index contributed by atoms with van der Waals surface area (Å²) in [6.07, 6.45) is 88.5. The lowest BCUT2D eigenvalue weighted by atomic mass is 10.0. The molecule has 0 spiro atoms. The fourth-order valence-electron chi connectivity index (χ4n) is 13.1. The molecule has 9 nitrogen and oxygen atoms in total. The molecule has 2 unspecified atom stereocenters. The summed E-state index contributed by atoms with van der Waals surface area (Å²) in [4.78, 5) is 37.7. The number of quaternary nitrogens is 1. The van der Waals surface area contributed by atoms with E-state index in [0.29, 0.717) is 17.4 Å². The van der Waals surface area contributed by atoms with Crippen molar-refractivity contribution < 1.29 is 42.9 Å². The van der Waals surface area contributed by atoms with E-state index in [4.69, 9.17) is 18.9 Å². The Morgan fingerprint density at radius 2 is 0.495 bits per heavy atom. The number of carbonyl (C=O) groups excluding carboxylic acids is 2. The molecule has 0 amide bonds. The highest BCUT2D eigenvalue weighted by Crippen LogP contribution is 2.21. The van der Waals surface area contributed by atoms with Gasteiger partial charge in [-0.15, -0.1) is 0 Å². The standard InChI is InChI=1S/C82H161NO8/c1-6-8-10-12-14-16-18-20-22-24-26-28-30-32-34-36-38-40-42-44-46-48-50-52-54-56-58-60-62-64-66-68-70-72-79(84)89-76-78(77-90-82(81(86)87)88-75-74-83(3,4)5)91-80(85)73-71-69-67-65-63-61-59-57-55-53-51-49-47-45-43-41-39-37-35-33-31-29-27-25-23-21-19-17-15-13-11-9-7-2/h78,82H,6-77H2,1-5H3/p+1. The maximum absolute atomic E-state index is 13.0. The number of unbranched alkanes of at least 4 members (excludes halogenated alkanes) is 64. The molecule has 0 aromatic rings. The predicted molar refractivity (Wildman–Crippen MR) is 392 cm³/mol. The van der Waals surface area contributed by atoms with Crippen LogP contribution in [0.5, 0.6) is 0 Å². The van der Waals surface area contributed by atoms with Crippen LogP contribution in [0.2, 0.25) is 0 Å². The second-order valence-corrected chi connectivity index (χ2v) is 29.8. The quantitative estimate of drug-likeness (QED) is 0.0278. The first-order chi connectivity index (χ1) is 44.6. The number of hydrogen-bond acceptors (Lipinski definition) is 7. The molecule has 0 fully saturated rings. The number of ether oxygens (including phenoxy) is 4. The zero-order valence-electron chi connectivity index (χ0n) is 62.3. The van der Waals surface area contributed by atoms with E-state index in [2.05, 4.69) is 13.8 Å². The van der Waals surface area contributed by atoms with Gasteiger partial charge in [0, 0.05) is 12.8 Å². The van der Waals surface area contributed by atoms with E-state index < -0.39 is 18.4 Å². The first-order valence-electron chi connectivity index (χ1n) is 41.2. The van der Waals surface area contributed by atoms with E-state index in [-0.39, 0.29) is 38.2 Å². The number of esters is 2. The molecule has 1 N–H and O–H groups in total. The van der Waals surface area contributed by atoms with E-state index in [1.54, 1.807) is 0 Å². The van der Waals surface area contributed by atoms with E-state index in [1.807, 2.05) is 21.1 Å². The van der Waals surface area contributed by atoms with Gasteiger partial charge in [-0.3, -0.25) is 9.59 Å². The molecule has 0 aromatic carbocycles. The number of nitrogens with zero attached hydrogens (tertiary/aromatic N) is 1. The second-order valence-electron chi connectivity index (χ2n) is 29.8. The van der Waals surface area contributed by atoms with Crippen LogP contribution < -0.4 is 0 Å². The maximum atomic E-state index is 13.0. The lowest BCUT2D eigenvalue weighted by Crippen LogP contribution is -2.40. The summed E-state index contributed by atoms with van der Waals surface area (Å²) < 4.78 is 23.1. The lowest BCUT2D eigenvalue weighted by Gasteiger charge is -2.25. The van der Waals surface area contributed by atoms with Crippen molar-refractivity contribution in [3.8, 4) is 0 Å². The van der Waals surface area contributed by atoms with Crippen molar-refractivity contribution in [2.75, 3.05) is 47.5 Å². The van der Waals surface area contributed by atoms with Gasteiger partial charge in [0.2, 0.25) is 0 Å². The van der Waals surface area contributed by atoms with Gasteiger partial charge in [0.1, 0.15) is 13.2 Å². The molecule has 0 saturated heterocycles. The fraction of sp³-hybridized carbons (Fsp3) is 0.963. The Morgan fingerprint density at radius 3 is 0.703 bits per heavy atom. The van der Waals surface area contributed by atoms with Crippen LogP contribution in [0.1, 0.15) is 450 Å². The lowest BCUT2D eigenvalue weighted by molar-refractivity contribution is -0.870. The van der Waals surface area contributed by atoms with Gasteiger partial charge in [-0.1, -0.05) is 425 Å². The summed E-state index contributed by atoms with van der Waals surface area (Å²) in [5, 5.41) is 9.77. The molecule has 0 aliphatic heterocycles. The Morgan fingerprint density at radius 1 is 0.286 bits per heavy atom. The largest absolute Gasteiger partial charge is 0.477 e. The molecule has 0 aromatic heterocycles. The third-order valence-corrected chi connectivity index (χ3v) is 19.4. The first-order valence-corrected chi connectivity index (χ1v) is 41.2. The summed E-state index contributed by atoms with van der Waals surface area (Å²) in [7, 11) is 6.01. The van der Waals surface area contributed by atoms with Crippen LogP contribution in [0.25, 0.3) is 0 Å². The van der Waals surface area contributed by atoms with Gasteiger partial charge in [-0.2, -0.15) is 0 Å². The average Bonchev–Trinajstić information content (AvgIpc) is 3.63. The molecule has 0 rings (SSSR count). The van der Waals surface area contributed by atoms with Gasteiger partial charge in [0.05, 0.1) is 34.4 Å². The van der Waals surface area contributed by atoms with E-state index in [9.17, 15) is 19.5 Å². The van der Waals surface area contributed by atoms with Crippen LogP contribution in [0.15, 0.2) is 0 Å². The summed E-state index contributed by atoms with van der Waals surface area (Å²) in [6, 6.07) is 0. The number of carbonyl (C=O) groups is 3. The smallest absolute Gasteiger partial charge is 0.361 e. The third-order valence-electron chi connectivity index (χ3n) is 19.4. The van der Waals surface area contributed by atoms with Crippen LogP contribution in [-0.4, -0.2) is 87.4 Å². The van der Waals surface area contributed by atoms with Crippen LogP contribution in [0.3, 0.4) is 0 Å². The summed E-state index contributed by atoms with van der Waals surface area (Å²) in [5.41, 5.74) is 0. The molecule has 2 atom stereocenters. The Kier molecular flexibility index (Phi) is 72.7. The van der Waals surface area contributed by atoms with Crippen molar-refractivity contribution in [2.24, 2.45) is 0 Å². The first kappa shape index (κ1) is 89.3.